The van der Waals surface area contributed by atoms with E-state index >= 15 is 0 Å². The van der Waals surface area contributed by atoms with Crippen molar-refractivity contribution in [3.05, 3.63) is 48.0 Å². The van der Waals surface area contributed by atoms with Gasteiger partial charge in [-0.1, -0.05) is 42.5 Å². The van der Waals surface area contributed by atoms with E-state index in [1.54, 1.807) is 57.2 Å². The van der Waals surface area contributed by atoms with Crippen molar-refractivity contribution in [3.8, 4) is 0 Å². The zero-order chi connectivity index (χ0) is 20.6. The maximum absolute atomic E-state index is 12.7. The number of fused-ring (bicyclic) bond motifs is 1. The highest BCUT2D eigenvalue weighted by Gasteiger charge is 2.53. The minimum atomic E-state index is -1.03. The van der Waals surface area contributed by atoms with Gasteiger partial charge in [0.1, 0.15) is 11.6 Å². The molecule has 150 valence electrons. The van der Waals surface area contributed by atoms with E-state index in [9.17, 15) is 19.5 Å². The van der Waals surface area contributed by atoms with Gasteiger partial charge in [-0.3, -0.25) is 19.9 Å². The predicted octanol–water partition coefficient (Wildman–Crippen LogP) is 1.38. The summed E-state index contributed by atoms with van der Waals surface area (Å²) in [5.74, 6) is -1.53. The van der Waals surface area contributed by atoms with Crippen molar-refractivity contribution in [2.75, 3.05) is 7.05 Å². The van der Waals surface area contributed by atoms with Crippen LogP contribution in [-0.2, 0) is 14.3 Å². The molecule has 8 nitrogen and oxygen atoms in total. The number of ether oxygens (including phenoxy) is 1. The Kier molecular flexibility index (Phi) is 5.27. The number of hydrogen-bond acceptors (Lipinski definition) is 6. The number of rotatable bonds is 3. The molecule has 1 saturated heterocycles. The van der Waals surface area contributed by atoms with Gasteiger partial charge in [0.25, 0.3) is 0 Å². The number of carbonyl (C=O) groups excluding carboxylic acids is 3. The molecule has 3 rings (SSSR count). The lowest BCUT2D eigenvalue weighted by molar-refractivity contribution is -0.139. The monoisotopic (exact) mass is 387 g/mol. The van der Waals surface area contributed by atoms with E-state index in [1.807, 2.05) is 6.07 Å². The number of benzene rings is 1. The average Bonchev–Trinajstić information content (AvgIpc) is 2.85. The minimum absolute atomic E-state index is 0.352. The fourth-order valence-corrected chi connectivity index (χ4v) is 3.47. The average molecular weight is 387 g/mol. The molecule has 0 unspecified atom stereocenters. The van der Waals surface area contributed by atoms with Crippen molar-refractivity contribution in [3.63, 3.8) is 0 Å². The summed E-state index contributed by atoms with van der Waals surface area (Å²) in [7, 11) is 1.41. The zero-order valence-corrected chi connectivity index (χ0v) is 16.3. The Morgan fingerprint density at radius 3 is 2.39 bits per heavy atom. The number of aliphatic hydroxyl groups excluding tert-OH is 1. The van der Waals surface area contributed by atoms with Crippen LogP contribution in [0.15, 0.2) is 42.5 Å². The summed E-state index contributed by atoms with van der Waals surface area (Å²) in [6.45, 7) is 5.17. The molecular formula is C20H25N3O5. The van der Waals surface area contributed by atoms with Gasteiger partial charge in [0, 0.05) is 7.05 Å². The lowest BCUT2D eigenvalue weighted by atomic mass is 9.90. The molecule has 1 aromatic carbocycles. The van der Waals surface area contributed by atoms with E-state index in [-0.39, 0.29) is 5.91 Å². The number of aliphatic hydroxyl groups is 1. The molecule has 3 amide bonds. The first-order valence-corrected chi connectivity index (χ1v) is 9.11. The van der Waals surface area contributed by atoms with E-state index in [4.69, 9.17) is 4.74 Å². The fraction of sp³-hybridized carbons (Fsp3) is 0.450. The van der Waals surface area contributed by atoms with Gasteiger partial charge in [-0.05, 0) is 26.3 Å². The van der Waals surface area contributed by atoms with Crippen LogP contribution < -0.4 is 5.43 Å². The predicted molar refractivity (Wildman–Crippen MR) is 101 cm³/mol. The van der Waals surface area contributed by atoms with Crippen molar-refractivity contribution in [2.24, 2.45) is 5.92 Å². The Morgan fingerprint density at radius 2 is 1.79 bits per heavy atom. The smallest absolute Gasteiger partial charge is 0.422 e. The van der Waals surface area contributed by atoms with Gasteiger partial charge in [0.2, 0.25) is 11.8 Å². The molecule has 0 aliphatic carbocycles. The number of likely N-dealkylation sites (tertiary alicyclic amines) is 1. The Balaban J connectivity index is 1.94. The number of carbonyl (C=O) groups is 3. The van der Waals surface area contributed by atoms with Gasteiger partial charge >= 0.3 is 6.09 Å². The quantitative estimate of drug-likeness (QED) is 0.601. The van der Waals surface area contributed by atoms with Crippen molar-refractivity contribution in [1.82, 2.24) is 15.3 Å². The number of nitrogens with one attached hydrogen (secondary N) is 1. The van der Waals surface area contributed by atoms with Gasteiger partial charge < -0.3 is 9.84 Å². The maximum Gasteiger partial charge on any atom is 0.422 e. The largest absolute Gasteiger partial charge is 0.443 e. The van der Waals surface area contributed by atoms with Crippen molar-refractivity contribution in [1.29, 1.82) is 0 Å². The first-order chi connectivity index (χ1) is 13.1. The third-order valence-corrected chi connectivity index (χ3v) is 4.76. The van der Waals surface area contributed by atoms with Crippen molar-refractivity contribution in [2.45, 2.75) is 44.6 Å². The molecule has 4 atom stereocenters. The van der Waals surface area contributed by atoms with Crippen molar-refractivity contribution < 1.29 is 24.2 Å². The Morgan fingerprint density at radius 1 is 1.14 bits per heavy atom. The number of amides is 3. The van der Waals surface area contributed by atoms with E-state index in [2.05, 4.69) is 5.43 Å². The normalized spacial score (nSPS) is 26.2. The van der Waals surface area contributed by atoms with E-state index < -0.39 is 41.7 Å². The summed E-state index contributed by atoms with van der Waals surface area (Å²) in [6, 6.07) is 7.22. The maximum atomic E-state index is 12.7. The molecular weight excluding hydrogens is 362 g/mol. The standard InChI is InChI=1S/C20H25N3O5/c1-20(2,3)28-19(27)21-23-14(16(24)12-8-6-5-7-9-12)11-10-13-15(23)18(26)22(4)17(13)25/h5-11,13-16,24H,1-4H3,(H,21,27)/t13-,14-,15+,16-/m1/s1. The fourth-order valence-electron chi connectivity index (χ4n) is 3.47. The third kappa shape index (κ3) is 3.79. The number of hydrazine groups is 1. The van der Waals surface area contributed by atoms with Crippen LogP contribution in [0.4, 0.5) is 4.79 Å². The van der Waals surface area contributed by atoms with Gasteiger partial charge in [0.15, 0.2) is 0 Å². The van der Waals surface area contributed by atoms with E-state index in [0.717, 1.165) is 4.90 Å². The summed E-state index contributed by atoms with van der Waals surface area (Å²) in [5, 5.41) is 12.2. The summed E-state index contributed by atoms with van der Waals surface area (Å²) >= 11 is 0. The SMILES string of the molecule is CN1C(=O)[C@@H]2[C@@H](C=C[C@H]([C@H](O)c3ccccc3)N2NC(=O)OC(C)(C)C)C1=O. The van der Waals surface area contributed by atoms with Crippen LogP contribution in [0.2, 0.25) is 0 Å². The second-order valence-electron chi connectivity index (χ2n) is 7.96. The Labute approximate surface area is 163 Å². The highest BCUT2D eigenvalue weighted by molar-refractivity contribution is 6.08. The molecule has 1 fully saturated rings. The molecule has 0 aromatic heterocycles. The van der Waals surface area contributed by atoms with Crippen LogP contribution in [0.3, 0.4) is 0 Å². The highest BCUT2D eigenvalue weighted by atomic mass is 16.6. The lowest BCUT2D eigenvalue weighted by Crippen LogP contribution is -2.60. The topological polar surface area (TPSA) is 99.2 Å². The summed E-state index contributed by atoms with van der Waals surface area (Å²) in [5.41, 5.74) is 2.46. The van der Waals surface area contributed by atoms with Crippen LogP contribution in [0, 0.1) is 5.92 Å². The highest BCUT2D eigenvalue weighted by Crippen LogP contribution is 2.34. The molecule has 2 N–H and O–H groups in total. The molecule has 0 saturated carbocycles. The minimum Gasteiger partial charge on any atom is -0.443 e. The number of imide groups is 1. The lowest BCUT2D eigenvalue weighted by Gasteiger charge is -2.40. The Bertz CT molecular complexity index is 802. The molecule has 0 bridgehead atoms. The van der Waals surface area contributed by atoms with Gasteiger partial charge in [-0.2, -0.15) is 5.01 Å². The van der Waals surface area contributed by atoms with E-state index in [1.165, 1.54) is 12.1 Å². The van der Waals surface area contributed by atoms with Crippen LogP contribution >= 0.6 is 0 Å². The van der Waals surface area contributed by atoms with Gasteiger partial charge in [-0.25, -0.2) is 4.79 Å². The summed E-state index contributed by atoms with van der Waals surface area (Å²) in [6.07, 6.45) is 1.47. The molecule has 2 aliphatic rings. The third-order valence-electron chi connectivity index (χ3n) is 4.76. The van der Waals surface area contributed by atoms with Crippen LogP contribution in [0.25, 0.3) is 0 Å². The van der Waals surface area contributed by atoms with Crippen molar-refractivity contribution >= 4 is 17.9 Å². The number of nitrogens with zero attached hydrogens (tertiary/aromatic N) is 2. The second kappa shape index (κ2) is 7.37. The second-order valence-corrected chi connectivity index (χ2v) is 7.96. The summed E-state index contributed by atoms with van der Waals surface area (Å²) in [4.78, 5) is 38.5. The van der Waals surface area contributed by atoms with Crippen LogP contribution in [-0.4, -0.2) is 57.7 Å². The molecule has 8 heteroatoms. The van der Waals surface area contributed by atoms with Gasteiger partial charge in [-0.15, -0.1) is 0 Å². The summed E-state index contributed by atoms with van der Waals surface area (Å²) < 4.78 is 5.30. The number of likely N-dealkylation sites (N-methyl/N-ethyl adjacent to an activating group) is 1. The van der Waals surface area contributed by atoms with Crippen LogP contribution in [0.1, 0.15) is 32.4 Å². The van der Waals surface area contributed by atoms with Crippen LogP contribution in [0.5, 0.6) is 0 Å². The molecule has 2 aliphatic heterocycles. The van der Waals surface area contributed by atoms with Gasteiger partial charge in [0.05, 0.1) is 18.1 Å². The molecule has 0 radical (unpaired) electrons. The van der Waals surface area contributed by atoms with E-state index in [0.29, 0.717) is 5.56 Å². The molecule has 1 aromatic rings. The molecule has 28 heavy (non-hydrogen) atoms. The molecule has 2 heterocycles. The first-order valence-electron chi connectivity index (χ1n) is 9.11. The number of hydrogen-bond donors (Lipinski definition) is 2. The molecule has 0 spiro atoms. The Hall–Kier alpha value is -2.71. The zero-order valence-electron chi connectivity index (χ0n) is 16.3. The first kappa shape index (κ1) is 20.0.